The van der Waals surface area contributed by atoms with Gasteiger partial charge in [-0.1, -0.05) is 58.5 Å². The Morgan fingerprint density at radius 3 is 2.11 bits per heavy atom. The topological polar surface area (TPSA) is 30.5 Å². The summed E-state index contributed by atoms with van der Waals surface area (Å²) >= 11 is 24.4. The molecule has 28 heavy (non-hydrogen) atoms. The van der Waals surface area contributed by atoms with Crippen LogP contribution in [0, 0.1) is 0 Å². The predicted molar refractivity (Wildman–Crippen MR) is 118 cm³/mol. The summed E-state index contributed by atoms with van der Waals surface area (Å²) < 4.78 is 11.3. The molecule has 0 radical (unpaired) electrons. The highest BCUT2D eigenvalue weighted by Crippen LogP contribution is 2.37. The van der Waals surface area contributed by atoms with Crippen molar-refractivity contribution in [3.63, 3.8) is 0 Å². The normalized spacial score (nSPS) is 10.6. The first-order valence-electron chi connectivity index (χ1n) is 8.38. The van der Waals surface area contributed by atoms with Crippen molar-refractivity contribution in [2.75, 3.05) is 12.4 Å². The van der Waals surface area contributed by atoms with Crippen LogP contribution in [0.15, 0.2) is 54.6 Å². The van der Waals surface area contributed by atoms with Gasteiger partial charge in [0.2, 0.25) is 0 Å². The molecule has 0 atom stereocenters. The standard InChI is InChI=1S/C21H17Cl4NO2/c1-27-20-7-14(11-26-18-9-16(23)8-17(24)10-18)6-19(25)21(20)28-12-13-2-4-15(22)5-3-13/h2-10,26H,11-12H2,1H3. The molecule has 3 aromatic carbocycles. The smallest absolute Gasteiger partial charge is 0.180 e. The molecule has 146 valence electrons. The minimum absolute atomic E-state index is 0.353. The molecule has 0 amide bonds. The maximum Gasteiger partial charge on any atom is 0.180 e. The molecule has 0 aromatic heterocycles. The van der Waals surface area contributed by atoms with E-state index in [1.54, 1.807) is 25.3 Å². The Hall–Kier alpha value is -1.78. The van der Waals surface area contributed by atoms with Gasteiger partial charge in [0.1, 0.15) is 6.61 Å². The van der Waals surface area contributed by atoms with Crippen molar-refractivity contribution in [3.05, 3.63) is 85.8 Å². The average molecular weight is 457 g/mol. The van der Waals surface area contributed by atoms with Gasteiger partial charge < -0.3 is 14.8 Å². The van der Waals surface area contributed by atoms with Crippen molar-refractivity contribution in [3.8, 4) is 11.5 Å². The molecule has 1 N–H and O–H groups in total. The fourth-order valence-corrected chi connectivity index (χ4v) is 3.55. The van der Waals surface area contributed by atoms with Gasteiger partial charge in [-0.05, 0) is 53.6 Å². The van der Waals surface area contributed by atoms with E-state index >= 15 is 0 Å². The van der Waals surface area contributed by atoms with E-state index in [0.29, 0.717) is 44.7 Å². The molecule has 0 aliphatic carbocycles. The van der Waals surface area contributed by atoms with Crippen molar-refractivity contribution in [1.82, 2.24) is 0 Å². The van der Waals surface area contributed by atoms with Crippen molar-refractivity contribution in [1.29, 1.82) is 0 Å². The molecule has 0 aliphatic heterocycles. The lowest BCUT2D eigenvalue weighted by atomic mass is 10.2. The second-order valence-corrected chi connectivity index (χ2v) is 7.75. The molecule has 0 heterocycles. The second kappa shape index (κ2) is 9.62. The first kappa shape index (κ1) is 20.9. The summed E-state index contributed by atoms with van der Waals surface area (Å²) in [4.78, 5) is 0. The third-order valence-corrected chi connectivity index (χ3v) is 4.91. The fraction of sp³-hybridized carbons (Fsp3) is 0.143. The number of hydrogen-bond acceptors (Lipinski definition) is 3. The molecule has 0 unspecified atom stereocenters. The summed E-state index contributed by atoms with van der Waals surface area (Å²) in [5, 5.41) is 5.54. The molecule has 0 saturated carbocycles. The monoisotopic (exact) mass is 455 g/mol. The summed E-state index contributed by atoms with van der Waals surface area (Å²) in [5.74, 6) is 1.05. The maximum absolute atomic E-state index is 6.44. The Morgan fingerprint density at radius 1 is 0.786 bits per heavy atom. The Bertz CT molecular complexity index is 941. The molecule has 0 aliphatic rings. The predicted octanol–water partition coefficient (Wildman–Crippen LogP) is 7.50. The van der Waals surface area contributed by atoms with E-state index in [1.807, 2.05) is 36.4 Å². The van der Waals surface area contributed by atoms with Gasteiger partial charge in [0.25, 0.3) is 0 Å². The van der Waals surface area contributed by atoms with Gasteiger partial charge in [-0.3, -0.25) is 0 Å². The second-order valence-electron chi connectivity index (χ2n) is 6.04. The molecular weight excluding hydrogens is 440 g/mol. The van der Waals surface area contributed by atoms with Crippen molar-refractivity contribution in [2.45, 2.75) is 13.2 Å². The molecule has 3 rings (SSSR count). The number of ether oxygens (including phenoxy) is 2. The first-order valence-corrected chi connectivity index (χ1v) is 9.89. The SMILES string of the molecule is COc1cc(CNc2cc(Cl)cc(Cl)c2)cc(Cl)c1OCc1ccc(Cl)cc1. The third-order valence-electron chi connectivity index (χ3n) is 3.94. The van der Waals surface area contributed by atoms with Crippen molar-refractivity contribution < 1.29 is 9.47 Å². The number of rotatable bonds is 7. The number of hydrogen-bond donors (Lipinski definition) is 1. The van der Waals surface area contributed by atoms with Crippen LogP contribution in [0.5, 0.6) is 11.5 Å². The summed E-state index contributed by atoms with van der Waals surface area (Å²) in [7, 11) is 1.58. The minimum Gasteiger partial charge on any atom is -0.493 e. The van der Waals surface area contributed by atoms with Gasteiger partial charge >= 0.3 is 0 Å². The number of anilines is 1. The van der Waals surface area contributed by atoms with Crippen molar-refractivity contribution >= 4 is 52.1 Å². The first-order chi connectivity index (χ1) is 13.4. The largest absolute Gasteiger partial charge is 0.493 e. The average Bonchev–Trinajstić information content (AvgIpc) is 2.65. The Morgan fingerprint density at radius 2 is 1.46 bits per heavy atom. The summed E-state index contributed by atoms with van der Waals surface area (Å²) in [6.07, 6.45) is 0. The van der Waals surface area contributed by atoms with Gasteiger partial charge in [0.05, 0.1) is 12.1 Å². The van der Waals surface area contributed by atoms with Crippen LogP contribution in [0.3, 0.4) is 0 Å². The van der Waals surface area contributed by atoms with E-state index in [-0.39, 0.29) is 0 Å². The highest BCUT2D eigenvalue weighted by molar-refractivity contribution is 6.35. The Balaban J connectivity index is 1.72. The minimum atomic E-state index is 0.353. The summed E-state index contributed by atoms with van der Waals surface area (Å²) in [6, 6.07) is 16.4. The molecule has 7 heteroatoms. The Labute approximate surface area is 184 Å². The summed E-state index contributed by atoms with van der Waals surface area (Å²) in [6.45, 7) is 0.871. The highest BCUT2D eigenvalue weighted by atomic mass is 35.5. The van der Waals surface area contributed by atoms with Crippen LogP contribution < -0.4 is 14.8 Å². The zero-order valence-corrected chi connectivity index (χ0v) is 18.0. The van der Waals surface area contributed by atoms with Crippen LogP contribution in [0.4, 0.5) is 5.69 Å². The van der Waals surface area contributed by atoms with E-state index in [0.717, 1.165) is 16.8 Å². The zero-order chi connectivity index (χ0) is 20.1. The lowest BCUT2D eigenvalue weighted by molar-refractivity contribution is 0.284. The molecule has 3 aromatic rings. The zero-order valence-electron chi connectivity index (χ0n) is 14.9. The van der Waals surface area contributed by atoms with E-state index in [1.165, 1.54) is 0 Å². The highest BCUT2D eigenvalue weighted by Gasteiger charge is 2.13. The van der Waals surface area contributed by atoms with E-state index in [4.69, 9.17) is 55.9 Å². The lowest BCUT2D eigenvalue weighted by Gasteiger charge is -2.15. The number of methoxy groups -OCH3 is 1. The van der Waals surface area contributed by atoms with E-state index < -0.39 is 0 Å². The molecule has 0 spiro atoms. The van der Waals surface area contributed by atoms with E-state index in [2.05, 4.69) is 5.32 Å². The van der Waals surface area contributed by atoms with Gasteiger partial charge in [-0.25, -0.2) is 0 Å². The molecule has 0 saturated heterocycles. The van der Waals surface area contributed by atoms with Crippen LogP contribution >= 0.6 is 46.4 Å². The molecule has 0 bridgehead atoms. The van der Waals surface area contributed by atoms with Crippen molar-refractivity contribution in [2.24, 2.45) is 0 Å². The molecular formula is C21H17Cl4NO2. The summed E-state index contributed by atoms with van der Waals surface area (Å²) in [5.41, 5.74) is 2.72. The fourth-order valence-electron chi connectivity index (χ4n) is 2.61. The van der Waals surface area contributed by atoms with Crippen LogP contribution in [0.25, 0.3) is 0 Å². The molecule has 0 fully saturated rings. The number of nitrogens with one attached hydrogen (secondary N) is 1. The van der Waals surface area contributed by atoms with Gasteiger partial charge in [-0.15, -0.1) is 0 Å². The van der Waals surface area contributed by atoms with Gasteiger partial charge in [0, 0.05) is 27.3 Å². The number of benzene rings is 3. The van der Waals surface area contributed by atoms with Gasteiger partial charge in [0.15, 0.2) is 11.5 Å². The van der Waals surface area contributed by atoms with Crippen LogP contribution in [0.1, 0.15) is 11.1 Å². The maximum atomic E-state index is 6.44. The quantitative estimate of drug-likeness (QED) is 0.399. The Kier molecular flexibility index (Phi) is 7.19. The van der Waals surface area contributed by atoms with Gasteiger partial charge in [-0.2, -0.15) is 0 Å². The number of halogens is 4. The molecule has 3 nitrogen and oxygen atoms in total. The van der Waals surface area contributed by atoms with Crippen LogP contribution in [-0.4, -0.2) is 7.11 Å². The van der Waals surface area contributed by atoms with E-state index in [9.17, 15) is 0 Å². The lowest BCUT2D eigenvalue weighted by Crippen LogP contribution is -2.02. The van der Waals surface area contributed by atoms with Crippen LogP contribution in [-0.2, 0) is 13.2 Å². The third kappa shape index (κ3) is 5.62. The van der Waals surface area contributed by atoms with Crippen LogP contribution in [0.2, 0.25) is 20.1 Å².